The van der Waals surface area contributed by atoms with Gasteiger partial charge in [-0.15, -0.1) is 0 Å². The van der Waals surface area contributed by atoms with Crippen LogP contribution < -0.4 is 20.9 Å². The Labute approximate surface area is 185 Å². The molecule has 1 aliphatic heterocycles. The predicted octanol–water partition coefficient (Wildman–Crippen LogP) is 2.73. The number of nitrogens with one attached hydrogen (secondary N) is 3. The summed E-state index contributed by atoms with van der Waals surface area (Å²) in [5.74, 6) is 1.76. The smallest absolute Gasteiger partial charge is 0.251 e. The van der Waals surface area contributed by atoms with Gasteiger partial charge in [0.2, 0.25) is 0 Å². The van der Waals surface area contributed by atoms with Gasteiger partial charge in [-0.3, -0.25) is 9.79 Å². The van der Waals surface area contributed by atoms with Gasteiger partial charge in [-0.05, 0) is 54.7 Å². The van der Waals surface area contributed by atoms with Crippen LogP contribution in [0.3, 0.4) is 0 Å². The number of hydrogen-bond acceptors (Lipinski definition) is 4. The van der Waals surface area contributed by atoms with E-state index >= 15 is 0 Å². The van der Waals surface area contributed by atoms with Crippen molar-refractivity contribution in [2.24, 2.45) is 4.99 Å². The molecule has 0 aliphatic carbocycles. The molecule has 3 rings (SSSR count). The molecular formula is C24H34N6O. The summed E-state index contributed by atoms with van der Waals surface area (Å²) in [5, 5.41) is 9.39. The van der Waals surface area contributed by atoms with E-state index in [1.165, 1.54) is 31.2 Å². The number of anilines is 1. The number of aromatic nitrogens is 1. The average molecular weight is 423 g/mol. The lowest BCUT2D eigenvalue weighted by Gasteiger charge is -2.22. The number of hydrogen-bond donors (Lipinski definition) is 3. The first-order chi connectivity index (χ1) is 15.2. The third-order valence-electron chi connectivity index (χ3n) is 5.55. The Balaban J connectivity index is 1.48. The molecule has 0 saturated carbocycles. The largest absolute Gasteiger partial charge is 0.357 e. The van der Waals surface area contributed by atoms with Crippen molar-refractivity contribution in [3.8, 4) is 0 Å². The van der Waals surface area contributed by atoms with Gasteiger partial charge in [0, 0.05) is 52.0 Å². The van der Waals surface area contributed by atoms with Crippen LogP contribution in [-0.4, -0.2) is 50.6 Å². The number of rotatable bonds is 7. The molecule has 1 saturated heterocycles. The second-order valence-corrected chi connectivity index (χ2v) is 7.81. The molecule has 1 aliphatic rings. The molecule has 1 aromatic carbocycles. The molecule has 1 amide bonds. The van der Waals surface area contributed by atoms with Crippen molar-refractivity contribution in [1.29, 1.82) is 0 Å². The van der Waals surface area contributed by atoms with Crippen LogP contribution >= 0.6 is 0 Å². The first-order valence-electron chi connectivity index (χ1n) is 11.1. The second kappa shape index (κ2) is 11.9. The van der Waals surface area contributed by atoms with Crippen LogP contribution in [0.2, 0.25) is 0 Å². The summed E-state index contributed by atoms with van der Waals surface area (Å²) in [6, 6.07) is 11.9. The number of amides is 1. The van der Waals surface area contributed by atoms with Crippen LogP contribution in [0, 0.1) is 0 Å². The molecule has 1 fully saturated rings. The number of carbonyl (C=O) groups is 1. The van der Waals surface area contributed by atoms with Crippen LogP contribution in [0.1, 0.15) is 47.2 Å². The summed E-state index contributed by atoms with van der Waals surface area (Å²) >= 11 is 0. The molecule has 7 nitrogen and oxygen atoms in total. The van der Waals surface area contributed by atoms with Gasteiger partial charge in [-0.1, -0.05) is 25.0 Å². The maximum atomic E-state index is 11.8. The summed E-state index contributed by atoms with van der Waals surface area (Å²) in [4.78, 5) is 23.1. The fourth-order valence-electron chi connectivity index (χ4n) is 3.79. The number of carbonyl (C=O) groups excluding carboxylic acids is 1. The van der Waals surface area contributed by atoms with Crippen molar-refractivity contribution in [2.45, 2.75) is 38.6 Å². The minimum absolute atomic E-state index is 0.0656. The number of pyridine rings is 1. The summed E-state index contributed by atoms with van der Waals surface area (Å²) in [6.07, 6.45) is 7.82. The first kappa shape index (κ1) is 22.6. The van der Waals surface area contributed by atoms with Crippen molar-refractivity contribution in [3.05, 3.63) is 59.3 Å². The highest BCUT2D eigenvalue weighted by atomic mass is 16.1. The topological polar surface area (TPSA) is 81.6 Å². The minimum Gasteiger partial charge on any atom is -0.357 e. The number of benzene rings is 1. The van der Waals surface area contributed by atoms with E-state index < -0.39 is 0 Å². The molecule has 31 heavy (non-hydrogen) atoms. The molecule has 2 heterocycles. The average Bonchev–Trinajstić information content (AvgIpc) is 3.11. The number of aliphatic imine (C=N–C) groups is 1. The molecule has 166 valence electrons. The van der Waals surface area contributed by atoms with Crippen molar-refractivity contribution < 1.29 is 4.79 Å². The Bertz CT molecular complexity index is 874. The fraction of sp³-hybridized carbons (Fsp3) is 0.458. The number of guanidine groups is 1. The molecular weight excluding hydrogens is 388 g/mol. The Hall–Kier alpha value is -3.09. The monoisotopic (exact) mass is 422 g/mol. The number of nitrogens with zero attached hydrogens (tertiary/aromatic N) is 3. The minimum atomic E-state index is -0.0656. The molecule has 0 atom stereocenters. The van der Waals surface area contributed by atoms with E-state index in [0.717, 1.165) is 43.4 Å². The van der Waals surface area contributed by atoms with Gasteiger partial charge in [0.15, 0.2) is 5.96 Å². The first-order valence-corrected chi connectivity index (χ1v) is 11.1. The highest BCUT2D eigenvalue weighted by Gasteiger charge is 2.11. The van der Waals surface area contributed by atoms with E-state index in [1.807, 2.05) is 36.5 Å². The normalized spacial score (nSPS) is 14.6. The predicted molar refractivity (Wildman–Crippen MR) is 127 cm³/mol. The van der Waals surface area contributed by atoms with Crippen LogP contribution in [-0.2, 0) is 13.0 Å². The van der Waals surface area contributed by atoms with Crippen molar-refractivity contribution in [1.82, 2.24) is 20.9 Å². The van der Waals surface area contributed by atoms with Crippen LogP contribution in [0.4, 0.5) is 5.82 Å². The molecule has 2 aromatic rings. The lowest BCUT2D eigenvalue weighted by atomic mass is 10.1. The van der Waals surface area contributed by atoms with E-state index in [0.29, 0.717) is 12.1 Å². The lowest BCUT2D eigenvalue weighted by molar-refractivity contribution is 0.0963. The maximum absolute atomic E-state index is 11.8. The highest BCUT2D eigenvalue weighted by molar-refractivity contribution is 5.94. The van der Waals surface area contributed by atoms with Crippen LogP contribution in [0.5, 0.6) is 0 Å². The van der Waals surface area contributed by atoms with Gasteiger partial charge in [0.25, 0.3) is 5.91 Å². The zero-order chi connectivity index (χ0) is 21.9. The van der Waals surface area contributed by atoms with E-state index in [9.17, 15) is 4.79 Å². The zero-order valence-corrected chi connectivity index (χ0v) is 18.7. The SMILES string of the molecule is CN=C(NCCc1cccc(C(=O)NC)c1)NCc1ccnc(N2CCCCCC2)c1. The summed E-state index contributed by atoms with van der Waals surface area (Å²) in [6.45, 7) is 3.60. The maximum Gasteiger partial charge on any atom is 0.251 e. The van der Waals surface area contributed by atoms with E-state index in [-0.39, 0.29) is 5.91 Å². The molecule has 3 N–H and O–H groups in total. The van der Waals surface area contributed by atoms with Crippen LogP contribution in [0.25, 0.3) is 0 Å². The molecule has 0 radical (unpaired) electrons. The summed E-state index contributed by atoms with van der Waals surface area (Å²) in [7, 11) is 3.42. The van der Waals surface area contributed by atoms with Gasteiger partial charge >= 0.3 is 0 Å². The molecule has 0 bridgehead atoms. The second-order valence-electron chi connectivity index (χ2n) is 7.81. The van der Waals surface area contributed by atoms with Gasteiger partial charge in [0.1, 0.15) is 5.82 Å². The van der Waals surface area contributed by atoms with E-state index in [4.69, 9.17) is 0 Å². The molecule has 0 spiro atoms. The Morgan fingerprint density at radius 2 is 1.87 bits per heavy atom. The molecule has 0 unspecified atom stereocenters. The van der Waals surface area contributed by atoms with Crippen molar-refractivity contribution in [3.63, 3.8) is 0 Å². The lowest BCUT2D eigenvalue weighted by Crippen LogP contribution is -2.38. The quantitative estimate of drug-likeness (QED) is 0.472. The summed E-state index contributed by atoms with van der Waals surface area (Å²) < 4.78 is 0. The Morgan fingerprint density at radius 3 is 2.61 bits per heavy atom. The fourth-order valence-corrected chi connectivity index (χ4v) is 3.79. The highest BCUT2D eigenvalue weighted by Crippen LogP contribution is 2.18. The Kier molecular flexibility index (Phi) is 8.70. The summed E-state index contributed by atoms with van der Waals surface area (Å²) in [5.41, 5.74) is 2.98. The standard InChI is InChI=1S/C24H34N6O/c1-25-23(31)21-9-7-8-19(16-21)10-13-28-24(26-2)29-18-20-11-12-27-22(17-20)30-14-5-3-4-6-15-30/h7-9,11-12,16-17H,3-6,10,13-15,18H2,1-2H3,(H,25,31)(H2,26,28,29). The zero-order valence-electron chi connectivity index (χ0n) is 18.7. The molecule has 1 aromatic heterocycles. The van der Waals surface area contributed by atoms with Crippen molar-refractivity contribution in [2.75, 3.05) is 38.6 Å². The Morgan fingerprint density at radius 1 is 1.06 bits per heavy atom. The van der Waals surface area contributed by atoms with E-state index in [2.05, 4.69) is 36.9 Å². The van der Waals surface area contributed by atoms with Gasteiger partial charge in [-0.2, -0.15) is 0 Å². The van der Waals surface area contributed by atoms with Gasteiger partial charge in [-0.25, -0.2) is 4.98 Å². The van der Waals surface area contributed by atoms with Gasteiger partial charge in [0.05, 0.1) is 0 Å². The van der Waals surface area contributed by atoms with Crippen LogP contribution in [0.15, 0.2) is 47.6 Å². The van der Waals surface area contributed by atoms with Crippen molar-refractivity contribution >= 4 is 17.7 Å². The molecule has 7 heteroatoms. The van der Waals surface area contributed by atoms with E-state index in [1.54, 1.807) is 14.1 Å². The van der Waals surface area contributed by atoms with Gasteiger partial charge < -0.3 is 20.9 Å². The third kappa shape index (κ3) is 6.98. The third-order valence-corrected chi connectivity index (χ3v) is 5.55.